The third-order valence-corrected chi connectivity index (χ3v) is 21.6. The first kappa shape index (κ1) is 54.6. The fourth-order valence-electron chi connectivity index (χ4n) is 7.72. The third-order valence-electron chi connectivity index (χ3n) is 11.1. The van der Waals surface area contributed by atoms with Gasteiger partial charge in [-0.1, -0.05) is 72.8 Å². The molecule has 2 nitrogen and oxygen atoms in total. The van der Waals surface area contributed by atoms with Gasteiger partial charge >= 0.3 is 24.0 Å². The second-order valence-corrected chi connectivity index (χ2v) is 53.4. The summed E-state index contributed by atoms with van der Waals surface area (Å²) in [5, 5.41) is 0. The fraction of sp³-hybridized carbons (Fsp3) is 0.250. The summed E-state index contributed by atoms with van der Waals surface area (Å²) in [5.41, 5.74) is 13.2. The van der Waals surface area contributed by atoms with Crippen LogP contribution in [0.1, 0.15) is 47.9 Å². The monoisotopic (exact) mass is 1180 g/mol. The maximum absolute atomic E-state index is 6.16. The minimum atomic E-state index is -2.66. The maximum atomic E-state index is 6.16. The standard InChI is InChI=1S/C48H48Cl12N2Si4/c49-63(50,51)33-1-5-37-9-21-43(22-10-37)61(44-23-11-38(12-24-44)6-2-34-64(52,53)54)47-29-17-41(18-30-47)42-19-31-48(32-20-42)62(45-25-13-39(14-26-45)7-3-35-65(55,56)57)46-27-15-40(16-28-46)8-4-36-66(58,59)60/h9-32H,1-8,33-36H2. The summed E-state index contributed by atoms with van der Waals surface area (Å²) in [6, 6.07) is 43.7. The van der Waals surface area contributed by atoms with E-state index in [1.807, 2.05) is 0 Å². The van der Waals surface area contributed by atoms with E-state index in [9.17, 15) is 0 Å². The molecule has 0 aliphatic heterocycles. The second-order valence-electron chi connectivity index (χ2n) is 16.3. The Hall–Kier alpha value is -0.732. The van der Waals surface area contributed by atoms with Crippen LogP contribution in [0.5, 0.6) is 0 Å². The van der Waals surface area contributed by atoms with Crippen molar-refractivity contribution < 1.29 is 0 Å². The molecular weight excluding hydrogens is 1140 g/mol. The average Bonchev–Trinajstić information content (AvgIpc) is 3.25. The molecule has 0 aliphatic rings. The zero-order valence-corrected chi connectivity index (χ0v) is 48.8. The zero-order valence-electron chi connectivity index (χ0n) is 35.8. The number of nitrogens with zero attached hydrogens (tertiary/aromatic N) is 2. The van der Waals surface area contributed by atoms with E-state index in [4.69, 9.17) is 133 Å². The van der Waals surface area contributed by atoms with Crippen LogP contribution in [-0.4, -0.2) is 24.0 Å². The molecule has 6 aromatic rings. The maximum Gasteiger partial charge on any atom is 0.341 e. The quantitative estimate of drug-likeness (QED) is 0.0466. The summed E-state index contributed by atoms with van der Waals surface area (Å²) >= 11 is 73.9. The average molecular weight is 1190 g/mol. The number of rotatable bonds is 23. The first-order valence-electron chi connectivity index (χ1n) is 21.6. The van der Waals surface area contributed by atoms with E-state index in [0.717, 1.165) is 96.6 Å². The van der Waals surface area contributed by atoms with Gasteiger partial charge in [-0.05, 0) is 182 Å². The molecule has 0 amide bonds. The van der Waals surface area contributed by atoms with Crippen LogP contribution in [0, 0.1) is 0 Å². The molecule has 0 spiro atoms. The number of hydrogen-bond donors (Lipinski definition) is 0. The normalized spacial score (nSPS) is 12.4. The van der Waals surface area contributed by atoms with Crippen LogP contribution in [-0.2, 0) is 25.7 Å². The van der Waals surface area contributed by atoms with E-state index in [2.05, 4.69) is 155 Å². The predicted octanol–water partition coefficient (Wildman–Crippen LogP) is 20.6. The lowest BCUT2D eigenvalue weighted by Gasteiger charge is -2.27. The Morgan fingerprint density at radius 1 is 0.242 bits per heavy atom. The number of hydrogen-bond acceptors (Lipinski definition) is 2. The van der Waals surface area contributed by atoms with E-state index in [-0.39, 0.29) is 0 Å². The van der Waals surface area contributed by atoms with Crippen molar-refractivity contribution in [1.29, 1.82) is 0 Å². The van der Waals surface area contributed by atoms with Crippen molar-refractivity contribution in [3.63, 3.8) is 0 Å². The van der Waals surface area contributed by atoms with Crippen LogP contribution < -0.4 is 9.80 Å². The van der Waals surface area contributed by atoms with Gasteiger partial charge in [0.15, 0.2) is 0 Å². The Labute approximate surface area is 450 Å². The molecule has 66 heavy (non-hydrogen) atoms. The van der Waals surface area contributed by atoms with E-state index in [1.165, 1.54) is 22.3 Å². The van der Waals surface area contributed by atoms with Gasteiger partial charge in [-0.15, -0.1) is 133 Å². The highest BCUT2D eigenvalue weighted by molar-refractivity contribution is 7.66. The lowest BCUT2D eigenvalue weighted by Crippen LogP contribution is -2.11. The van der Waals surface area contributed by atoms with E-state index >= 15 is 0 Å². The van der Waals surface area contributed by atoms with Crippen LogP contribution in [0.2, 0.25) is 24.2 Å². The van der Waals surface area contributed by atoms with Gasteiger partial charge in [0.1, 0.15) is 0 Å². The van der Waals surface area contributed by atoms with E-state index in [1.54, 1.807) is 0 Å². The highest BCUT2D eigenvalue weighted by atomic mass is 35.9. The van der Waals surface area contributed by atoms with Gasteiger partial charge in [0.25, 0.3) is 0 Å². The number of benzene rings is 6. The van der Waals surface area contributed by atoms with E-state index < -0.39 is 24.0 Å². The van der Waals surface area contributed by atoms with Gasteiger partial charge in [0, 0.05) is 34.1 Å². The van der Waals surface area contributed by atoms with E-state index in [0.29, 0.717) is 24.2 Å². The number of anilines is 6. The molecule has 350 valence electrons. The molecule has 6 aromatic carbocycles. The zero-order chi connectivity index (χ0) is 47.5. The van der Waals surface area contributed by atoms with Crippen molar-refractivity contribution in [3.8, 4) is 11.1 Å². The SMILES string of the molecule is Cl[Si](Cl)(Cl)CCCc1ccc(N(c2ccc(CCC[Si](Cl)(Cl)Cl)cc2)c2ccc(-c3ccc(N(c4ccc(CCC[Si](Cl)(Cl)Cl)cc4)c4ccc(CCC[Si](Cl)(Cl)Cl)cc4)cc3)cc2)cc1. The summed E-state index contributed by atoms with van der Waals surface area (Å²) in [6.45, 7) is 0. The predicted molar refractivity (Wildman–Crippen MR) is 307 cm³/mol. The van der Waals surface area contributed by atoms with Crippen LogP contribution >= 0.6 is 133 Å². The van der Waals surface area contributed by atoms with Crippen LogP contribution in [0.25, 0.3) is 11.1 Å². The Morgan fingerprint density at radius 2 is 0.409 bits per heavy atom. The Kier molecular flexibility index (Phi) is 20.8. The van der Waals surface area contributed by atoms with Gasteiger partial charge in [-0.3, -0.25) is 0 Å². The number of aryl methyl sites for hydroxylation is 4. The molecular formula is C48H48Cl12N2Si4. The van der Waals surface area contributed by atoms with Gasteiger partial charge in [-0.2, -0.15) is 0 Å². The molecule has 0 heterocycles. The minimum Gasteiger partial charge on any atom is -0.311 e. The van der Waals surface area contributed by atoms with Crippen molar-refractivity contribution >= 4 is 191 Å². The molecule has 0 N–H and O–H groups in total. The van der Waals surface area contributed by atoms with Crippen LogP contribution in [0.3, 0.4) is 0 Å². The molecule has 0 saturated carbocycles. The van der Waals surface area contributed by atoms with Gasteiger partial charge < -0.3 is 9.80 Å². The van der Waals surface area contributed by atoms with Crippen LogP contribution in [0.4, 0.5) is 34.1 Å². The molecule has 0 bridgehead atoms. The minimum absolute atomic E-state index is 0.629. The topological polar surface area (TPSA) is 6.48 Å². The summed E-state index contributed by atoms with van der Waals surface area (Å²) in [4.78, 5) is 4.53. The summed E-state index contributed by atoms with van der Waals surface area (Å²) in [6.07, 6.45) is 6.72. The molecule has 18 heteroatoms. The Balaban J connectivity index is 1.25. The highest BCUT2D eigenvalue weighted by Crippen LogP contribution is 2.40. The largest absolute Gasteiger partial charge is 0.341 e. The molecule has 0 aliphatic carbocycles. The molecule has 0 saturated heterocycles. The van der Waals surface area contributed by atoms with Crippen LogP contribution in [0.15, 0.2) is 146 Å². The Bertz CT molecular complexity index is 2100. The van der Waals surface area contributed by atoms with Crippen molar-refractivity contribution in [3.05, 3.63) is 168 Å². The Morgan fingerprint density at radius 3 is 0.576 bits per heavy atom. The van der Waals surface area contributed by atoms with Crippen molar-refractivity contribution in [1.82, 2.24) is 0 Å². The molecule has 6 rings (SSSR count). The summed E-state index contributed by atoms with van der Waals surface area (Å²) in [7, 11) is 0. The summed E-state index contributed by atoms with van der Waals surface area (Å²) in [5.74, 6) is 0. The highest BCUT2D eigenvalue weighted by Gasteiger charge is 2.26. The van der Waals surface area contributed by atoms with Gasteiger partial charge in [0.2, 0.25) is 0 Å². The molecule has 0 fully saturated rings. The van der Waals surface area contributed by atoms with Gasteiger partial charge in [0.05, 0.1) is 0 Å². The van der Waals surface area contributed by atoms with Crippen molar-refractivity contribution in [2.45, 2.75) is 75.5 Å². The second kappa shape index (κ2) is 25.1. The van der Waals surface area contributed by atoms with Crippen molar-refractivity contribution in [2.75, 3.05) is 9.80 Å². The summed E-state index contributed by atoms with van der Waals surface area (Å²) < 4.78 is 0. The lowest BCUT2D eigenvalue weighted by molar-refractivity contribution is 0.914. The molecule has 0 aromatic heterocycles. The lowest BCUT2D eigenvalue weighted by atomic mass is 10.0. The first-order valence-corrected chi connectivity index (χ1v) is 42.6. The smallest absolute Gasteiger partial charge is 0.311 e. The van der Waals surface area contributed by atoms with Gasteiger partial charge in [-0.25, -0.2) is 0 Å². The third kappa shape index (κ3) is 18.5. The molecule has 0 atom stereocenters. The number of halogens is 12. The van der Waals surface area contributed by atoms with Crippen molar-refractivity contribution in [2.24, 2.45) is 0 Å². The first-order chi connectivity index (χ1) is 31.2. The molecule has 0 unspecified atom stereocenters. The molecule has 0 radical (unpaired) electrons. The fourth-order valence-corrected chi connectivity index (χ4v) is 14.8.